The van der Waals surface area contributed by atoms with Crippen LogP contribution in [-0.4, -0.2) is 38.5 Å². The van der Waals surface area contributed by atoms with Crippen LogP contribution in [0, 0.1) is 17.7 Å². The molecule has 6 heteroatoms. The molecule has 0 saturated heterocycles. The predicted octanol–water partition coefficient (Wildman–Crippen LogP) is 2.23. The van der Waals surface area contributed by atoms with Crippen molar-refractivity contribution in [3.63, 3.8) is 0 Å². The molecule has 122 valence electrons. The fourth-order valence-electron chi connectivity index (χ4n) is 2.00. The van der Waals surface area contributed by atoms with Gasteiger partial charge in [-0.2, -0.15) is 4.72 Å². The minimum absolute atomic E-state index is 0.0293. The molecule has 0 amide bonds. The molecular formula is C16H23FN2O2S. The first kappa shape index (κ1) is 18.6. The summed E-state index contributed by atoms with van der Waals surface area (Å²) in [5, 5.41) is 0. The summed E-state index contributed by atoms with van der Waals surface area (Å²) in [6.45, 7) is 9.01. The van der Waals surface area contributed by atoms with Crippen molar-refractivity contribution in [3.05, 3.63) is 30.1 Å². The Morgan fingerprint density at radius 3 is 2.14 bits per heavy atom. The van der Waals surface area contributed by atoms with Gasteiger partial charge in [0.25, 0.3) is 0 Å². The van der Waals surface area contributed by atoms with Crippen molar-refractivity contribution >= 4 is 10.0 Å². The molecule has 0 saturated carbocycles. The van der Waals surface area contributed by atoms with Gasteiger partial charge in [0, 0.05) is 12.1 Å². The highest BCUT2D eigenvalue weighted by molar-refractivity contribution is 7.89. The third-order valence-electron chi connectivity index (χ3n) is 3.19. The lowest BCUT2D eigenvalue weighted by molar-refractivity contribution is 0.200. The molecule has 0 fully saturated rings. The summed E-state index contributed by atoms with van der Waals surface area (Å²) in [6.07, 6.45) is 0. The summed E-state index contributed by atoms with van der Waals surface area (Å²) in [7, 11) is -3.64. The third kappa shape index (κ3) is 5.76. The molecule has 0 radical (unpaired) electrons. The SMILES string of the molecule is CC(C)N(CC#CCNS(=O)(=O)c1ccc(F)cc1)C(C)C. The monoisotopic (exact) mass is 326 g/mol. The fourth-order valence-corrected chi connectivity index (χ4v) is 2.92. The molecule has 0 bridgehead atoms. The van der Waals surface area contributed by atoms with Crippen molar-refractivity contribution in [3.8, 4) is 11.8 Å². The van der Waals surface area contributed by atoms with Crippen molar-refractivity contribution in [2.75, 3.05) is 13.1 Å². The molecule has 1 aromatic rings. The number of benzene rings is 1. The van der Waals surface area contributed by atoms with Crippen LogP contribution < -0.4 is 4.72 Å². The lowest BCUT2D eigenvalue weighted by atomic mass is 10.2. The normalized spacial score (nSPS) is 11.8. The average Bonchev–Trinajstić information content (AvgIpc) is 2.42. The number of nitrogens with zero attached hydrogens (tertiary/aromatic N) is 1. The largest absolute Gasteiger partial charge is 0.287 e. The fraction of sp³-hybridized carbons (Fsp3) is 0.500. The minimum atomic E-state index is -3.64. The van der Waals surface area contributed by atoms with Crippen LogP contribution in [0.1, 0.15) is 27.7 Å². The predicted molar refractivity (Wildman–Crippen MR) is 86.3 cm³/mol. The van der Waals surface area contributed by atoms with Gasteiger partial charge in [-0.05, 0) is 52.0 Å². The maximum Gasteiger partial charge on any atom is 0.241 e. The van der Waals surface area contributed by atoms with Crippen LogP contribution in [0.3, 0.4) is 0 Å². The first-order valence-electron chi connectivity index (χ1n) is 7.20. The Balaban J connectivity index is 2.57. The summed E-state index contributed by atoms with van der Waals surface area (Å²) in [6, 6.07) is 5.44. The van der Waals surface area contributed by atoms with Gasteiger partial charge in [-0.1, -0.05) is 11.8 Å². The van der Waals surface area contributed by atoms with Gasteiger partial charge in [0.1, 0.15) is 5.82 Å². The zero-order chi connectivity index (χ0) is 16.8. The molecule has 1 aromatic carbocycles. The van der Waals surface area contributed by atoms with Gasteiger partial charge in [0.15, 0.2) is 0 Å². The second kappa shape index (κ2) is 8.28. The molecule has 0 unspecified atom stereocenters. The molecule has 0 aliphatic carbocycles. The molecule has 22 heavy (non-hydrogen) atoms. The second-order valence-electron chi connectivity index (χ2n) is 5.49. The molecule has 1 rings (SSSR count). The van der Waals surface area contributed by atoms with Crippen LogP contribution in [-0.2, 0) is 10.0 Å². The van der Waals surface area contributed by atoms with E-state index in [2.05, 4.69) is 49.2 Å². The molecule has 1 N–H and O–H groups in total. The lowest BCUT2D eigenvalue weighted by Crippen LogP contribution is -2.37. The smallest absolute Gasteiger partial charge is 0.241 e. The number of hydrogen-bond donors (Lipinski definition) is 1. The molecule has 0 aromatic heterocycles. The van der Waals surface area contributed by atoms with E-state index in [-0.39, 0.29) is 11.4 Å². The highest BCUT2D eigenvalue weighted by Crippen LogP contribution is 2.09. The van der Waals surface area contributed by atoms with Crippen molar-refractivity contribution < 1.29 is 12.8 Å². The molecule has 0 aliphatic heterocycles. The standard InChI is InChI=1S/C16H23FN2O2S/c1-13(2)19(14(3)4)12-6-5-11-18-22(20,21)16-9-7-15(17)8-10-16/h7-10,13-14,18H,11-12H2,1-4H3. The summed E-state index contributed by atoms with van der Waals surface area (Å²) < 4.78 is 39.1. The Labute approximate surface area is 132 Å². The van der Waals surface area contributed by atoms with Crippen LogP contribution in [0.4, 0.5) is 4.39 Å². The van der Waals surface area contributed by atoms with Gasteiger partial charge in [0.05, 0.1) is 18.0 Å². The Hall–Kier alpha value is -1.42. The van der Waals surface area contributed by atoms with Crippen molar-refractivity contribution in [2.24, 2.45) is 0 Å². The van der Waals surface area contributed by atoms with Gasteiger partial charge >= 0.3 is 0 Å². The van der Waals surface area contributed by atoms with Crippen molar-refractivity contribution in [1.82, 2.24) is 9.62 Å². The van der Waals surface area contributed by atoms with E-state index < -0.39 is 15.8 Å². The van der Waals surface area contributed by atoms with E-state index in [9.17, 15) is 12.8 Å². The van der Waals surface area contributed by atoms with Gasteiger partial charge in [-0.3, -0.25) is 4.90 Å². The molecule has 0 atom stereocenters. The Bertz CT molecular complexity index is 620. The van der Waals surface area contributed by atoms with Gasteiger partial charge in [-0.25, -0.2) is 12.8 Å². The number of halogens is 1. The Morgan fingerprint density at radius 1 is 1.09 bits per heavy atom. The zero-order valence-electron chi connectivity index (χ0n) is 13.4. The van der Waals surface area contributed by atoms with E-state index in [0.29, 0.717) is 18.6 Å². The van der Waals surface area contributed by atoms with E-state index in [0.717, 1.165) is 12.1 Å². The van der Waals surface area contributed by atoms with Crippen LogP contribution in [0.5, 0.6) is 0 Å². The maximum absolute atomic E-state index is 12.8. The number of hydrogen-bond acceptors (Lipinski definition) is 3. The molecule has 0 aliphatic rings. The highest BCUT2D eigenvalue weighted by Gasteiger charge is 2.13. The maximum atomic E-state index is 12.8. The van der Waals surface area contributed by atoms with E-state index >= 15 is 0 Å². The van der Waals surface area contributed by atoms with E-state index in [1.807, 2.05) is 0 Å². The quantitative estimate of drug-likeness (QED) is 0.816. The van der Waals surface area contributed by atoms with Crippen molar-refractivity contribution in [1.29, 1.82) is 0 Å². The van der Waals surface area contributed by atoms with Crippen LogP contribution in [0.15, 0.2) is 29.2 Å². The highest BCUT2D eigenvalue weighted by atomic mass is 32.2. The van der Waals surface area contributed by atoms with Gasteiger partial charge in [0.2, 0.25) is 10.0 Å². The van der Waals surface area contributed by atoms with Crippen LogP contribution in [0.25, 0.3) is 0 Å². The number of sulfonamides is 1. The molecule has 4 nitrogen and oxygen atoms in total. The summed E-state index contributed by atoms with van der Waals surface area (Å²) in [5.74, 6) is 5.31. The summed E-state index contributed by atoms with van der Waals surface area (Å²) in [4.78, 5) is 2.24. The third-order valence-corrected chi connectivity index (χ3v) is 4.60. The van der Waals surface area contributed by atoms with E-state index in [1.54, 1.807) is 0 Å². The first-order valence-corrected chi connectivity index (χ1v) is 8.69. The van der Waals surface area contributed by atoms with E-state index in [1.165, 1.54) is 12.1 Å². The molecule has 0 spiro atoms. The lowest BCUT2D eigenvalue weighted by Gasteiger charge is -2.28. The van der Waals surface area contributed by atoms with Crippen LogP contribution in [0.2, 0.25) is 0 Å². The van der Waals surface area contributed by atoms with Gasteiger partial charge < -0.3 is 0 Å². The number of rotatable bonds is 6. The van der Waals surface area contributed by atoms with E-state index in [4.69, 9.17) is 0 Å². The summed E-state index contributed by atoms with van der Waals surface area (Å²) >= 11 is 0. The topological polar surface area (TPSA) is 49.4 Å². The number of nitrogens with one attached hydrogen (secondary N) is 1. The average molecular weight is 326 g/mol. The molecule has 0 heterocycles. The Kier molecular flexibility index (Phi) is 7.01. The second-order valence-corrected chi connectivity index (χ2v) is 7.26. The Morgan fingerprint density at radius 2 is 1.64 bits per heavy atom. The first-order chi connectivity index (χ1) is 10.2. The van der Waals surface area contributed by atoms with Gasteiger partial charge in [-0.15, -0.1) is 0 Å². The van der Waals surface area contributed by atoms with Crippen molar-refractivity contribution in [2.45, 2.75) is 44.7 Å². The minimum Gasteiger partial charge on any atom is -0.287 e. The van der Waals surface area contributed by atoms with Crippen LogP contribution >= 0.6 is 0 Å². The zero-order valence-corrected chi connectivity index (χ0v) is 14.2. The summed E-state index contributed by atoms with van der Waals surface area (Å²) in [5.41, 5.74) is 0. The molecular weight excluding hydrogens is 303 g/mol.